The number of rotatable bonds is 4. The van der Waals surface area contributed by atoms with Crippen molar-refractivity contribution in [3.63, 3.8) is 0 Å². The van der Waals surface area contributed by atoms with Gasteiger partial charge in [-0.05, 0) is 0 Å². The Kier molecular flexibility index (Phi) is 13.9. The second-order valence-corrected chi connectivity index (χ2v) is 1.33. The molecule has 8 heavy (non-hydrogen) atoms. The molecule has 0 aliphatic rings. The molecular formula is C4H13N3Si. The Morgan fingerprint density at radius 3 is 1.62 bits per heavy atom. The van der Waals surface area contributed by atoms with Crippen molar-refractivity contribution >= 4 is 11.0 Å². The highest BCUT2D eigenvalue weighted by Gasteiger charge is 1.76. The summed E-state index contributed by atoms with van der Waals surface area (Å²) >= 11 is 0. The lowest BCUT2D eigenvalue weighted by molar-refractivity contribution is 0.696. The summed E-state index contributed by atoms with van der Waals surface area (Å²) in [7, 11) is 0. The van der Waals surface area contributed by atoms with Crippen molar-refractivity contribution in [3.05, 3.63) is 0 Å². The maximum absolute atomic E-state index is 5.17. The molecule has 0 fully saturated rings. The summed E-state index contributed by atoms with van der Waals surface area (Å²) in [4.78, 5) is 0. The van der Waals surface area contributed by atoms with Gasteiger partial charge in [-0.3, -0.25) is 0 Å². The van der Waals surface area contributed by atoms with Gasteiger partial charge >= 0.3 is 0 Å². The topological polar surface area (TPSA) is 64.1 Å². The molecule has 0 aliphatic carbocycles. The van der Waals surface area contributed by atoms with E-state index in [4.69, 9.17) is 11.5 Å². The summed E-state index contributed by atoms with van der Waals surface area (Å²) in [5, 5.41) is 3.03. The smallest absolute Gasteiger partial charge is 0.00750 e. The fraction of sp³-hybridized carbons (Fsp3) is 1.00. The second-order valence-electron chi connectivity index (χ2n) is 1.33. The Morgan fingerprint density at radius 1 is 1.00 bits per heavy atom. The molecule has 4 radical (unpaired) electrons. The van der Waals surface area contributed by atoms with Crippen molar-refractivity contribution in [1.82, 2.24) is 5.32 Å². The first kappa shape index (κ1) is 11.0. The zero-order valence-electron chi connectivity index (χ0n) is 4.98. The van der Waals surface area contributed by atoms with Crippen LogP contribution < -0.4 is 16.8 Å². The Balaban J connectivity index is 0. The maximum Gasteiger partial charge on any atom is 0.00750 e. The van der Waals surface area contributed by atoms with Crippen LogP contribution in [0.3, 0.4) is 0 Å². The molecule has 0 rings (SSSR count). The molecule has 0 aromatic rings. The SMILES string of the molecule is NCCNCCN.[Si]. The minimum atomic E-state index is 0. The zero-order chi connectivity index (χ0) is 5.54. The highest BCUT2D eigenvalue weighted by atomic mass is 28.1. The van der Waals surface area contributed by atoms with Gasteiger partial charge in [0.25, 0.3) is 0 Å². The summed E-state index contributed by atoms with van der Waals surface area (Å²) in [5.41, 5.74) is 10.3. The predicted molar refractivity (Wildman–Crippen MR) is 36.7 cm³/mol. The van der Waals surface area contributed by atoms with Crippen molar-refractivity contribution in [3.8, 4) is 0 Å². The molecule has 0 aromatic heterocycles. The molecule has 0 unspecified atom stereocenters. The van der Waals surface area contributed by atoms with Gasteiger partial charge in [0.2, 0.25) is 0 Å². The van der Waals surface area contributed by atoms with Gasteiger partial charge in [-0.15, -0.1) is 0 Å². The van der Waals surface area contributed by atoms with E-state index in [0.29, 0.717) is 13.1 Å². The summed E-state index contributed by atoms with van der Waals surface area (Å²) < 4.78 is 0. The van der Waals surface area contributed by atoms with Crippen LogP contribution in [0.5, 0.6) is 0 Å². The fourth-order valence-electron chi connectivity index (χ4n) is 0.329. The van der Waals surface area contributed by atoms with Gasteiger partial charge in [0.1, 0.15) is 0 Å². The van der Waals surface area contributed by atoms with E-state index in [2.05, 4.69) is 5.32 Å². The average molecular weight is 131 g/mol. The Morgan fingerprint density at radius 2 is 1.38 bits per heavy atom. The minimum absolute atomic E-state index is 0. The van der Waals surface area contributed by atoms with Gasteiger partial charge in [0.05, 0.1) is 0 Å². The molecule has 0 atom stereocenters. The average Bonchev–Trinajstić information content (AvgIpc) is 1.69. The van der Waals surface area contributed by atoms with Gasteiger partial charge in [0.15, 0.2) is 0 Å². The Labute approximate surface area is 54.8 Å². The molecule has 4 heteroatoms. The van der Waals surface area contributed by atoms with E-state index in [1.54, 1.807) is 0 Å². The molecule has 0 aliphatic heterocycles. The molecule has 0 heterocycles. The first-order valence-electron chi connectivity index (χ1n) is 2.52. The minimum Gasteiger partial charge on any atom is -0.329 e. The van der Waals surface area contributed by atoms with Crippen molar-refractivity contribution < 1.29 is 0 Å². The van der Waals surface area contributed by atoms with Crippen LogP contribution in [0.15, 0.2) is 0 Å². The van der Waals surface area contributed by atoms with Crippen LogP contribution in [-0.4, -0.2) is 37.1 Å². The number of nitrogens with two attached hydrogens (primary N) is 2. The molecular weight excluding hydrogens is 118 g/mol. The number of hydrogen-bond donors (Lipinski definition) is 3. The van der Waals surface area contributed by atoms with E-state index < -0.39 is 0 Å². The molecule has 0 saturated carbocycles. The number of hydrogen-bond acceptors (Lipinski definition) is 3. The summed E-state index contributed by atoms with van der Waals surface area (Å²) in [6, 6.07) is 0. The quantitative estimate of drug-likeness (QED) is 0.309. The van der Waals surface area contributed by atoms with Crippen LogP contribution in [0.1, 0.15) is 0 Å². The molecule has 0 amide bonds. The van der Waals surface area contributed by atoms with E-state index in [-0.39, 0.29) is 11.0 Å². The third-order valence-electron chi connectivity index (χ3n) is 0.642. The monoisotopic (exact) mass is 131 g/mol. The lowest BCUT2D eigenvalue weighted by atomic mass is 10.6. The largest absolute Gasteiger partial charge is 0.329 e. The Bertz CT molecular complexity index is 30.5. The third-order valence-corrected chi connectivity index (χ3v) is 0.642. The Hall–Kier alpha value is 0.0969. The van der Waals surface area contributed by atoms with Crippen molar-refractivity contribution in [2.75, 3.05) is 26.2 Å². The van der Waals surface area contributed by atoms with Gasteiger partial charge < -0.3 is 16.8 Å². The summed E-state index contributed by atoms with van der Waals surface area (Å²) in [6.45, 7) is 3.13. The van der Waals surface area contributed by atoms with E-state index in [9.17, 15) is 0 Å². The van der Waals surface area contributed by atoms with Gasteiger partial charge in [-0.2, -0.15) is 0 Å². The van der Waals surface area contributed by atoms with Crippen molar-refractivity contribution in [1.29, 1.82) is 0 Å². The van der Waals surface area contributed by atoms with Crippen LogP contribution in [0.2, 0.25) is 0 Å². The maximum atomic E-state index is 5.17. The molecule has 0 saturated heterocycles. The first-order chi connectivity index (χ1) is 3.41. The fourth-order valence-corrected chi connectivity index (χ4v) is 0.329. The molecule has 0 spiro atoms. The van der Waals surface area contributed by atoms with E-state index in [0.717, 1.165) is 13.1 Å². The van der Waals surface area contributed by atoms with Crippen LogP contribution >= 0.6 is 0 Å². The van der Waals surface area contributed by atoms with E-state index >= 15 is 0 Å². The third kappa shape index (κ3) is 9.44. The van der Waals surface area contributed by atoms with Crippen LogP contribution in [0, 0.1) is 0 Å². The van der Waals surface area contributed by atoms with Gasteiger partial charge in [-0.1, -0.05) is 0 Å². The van der Waals surface area contributed by atoms with Crippen LogP contribution in [0.4, 0.5) is 0 Å². The summed E-state index contributed by atoms with van der Waals surface area (Å²) in [5.74, 6) is 0. The number of nitrogens with one attached hydrogen (secondary N) is 1. The van der Waals surface area contributed by atoms with Gasteiger partial charge in [-0.25, -0.2) is 0 Å². The molecule has 3 nitrogen and oxygen atoms in total. The van der Waals surface area contributed by atoms with E-state index in [1.165, 1.54) is 0 Å². The highest BCUT2D eigenvalue weighted by molar-refractivity contribution is 5.75. The van der Waals surface area contributed by atoms with Crippen LogP contribution in [0.25, 0.3) is 0 Å². The normalized spacial score (nSPS) is 8.25. The van der Waals surface area contributed by atoms with Crippen LogP contribution in [-0.2, 0) is 0 Å². The van der Waals surface area contributed by atoms with E-state index in [1.807, 2.05) is 0 Å². The molecule has 48 valence electrons. The summed E-state index contributed by atoms with van der Waals surface area (Å²) in [6.07, 6.45) is 0. The predicted octanol–water partition coefficient (Wildman–Crippen LogP) is -1.89. The lowest BCUT2D eigenvalue weighted by Crippen LogP contribution is -2.27. The van der Waals surface area contributed by atoms with Crippen molar-refractivity contribution in [2.24, 2.45) is 11.5 Å². The second kappa shape index (κ2) is 10.2. The van der Waals surface area contributed by atoms with Gasteiger partial charge in [0, 0.05) is 37.1 Å². The zero-order valence-corrected chi connectivity index (χ0v) is 5.98. The van der Waals surface area contributed by atoms with Crippen molar-refractivity contribution in [2.45, 2.75) is 0 Å². The molecule has 0 aromatic carbocycles. The first-order valence-corrected chi connectivity index (χ1v) is 2.52. The lowest BCUT2D eigenvalue weighted by Gasteiger charge is -1.95. The standard InChI is InChI=1S/C4H13N3.Si/c5-1-3-7-4-2-6;/h7H,1-6H2;. The molecule has 0 bridgehead atoms. The highest BCUT2D eigenvalue weighted by Crippen LogP contribution is 1.49. The molecule has 5 N–H and O–H groups in total.